The lowest BCUT2D eigenvalue weighted by Gasteiger charge is -2.54. The zero-order valence-electron chi connectivity index (χ0n) is 15.6. The van der Waals surface area contributed by atoms with Crippen molar-refractivity contribution in [3.63, 3.8) is 0 Å². The third-order valence-corrected chi connectivity index (χ3v) is 13.5. The van der Waals surface area contributed by atoms with Crippen molar-refractivity contribution in [1.82, 2.24) is 0 Å². The van der Waals surface area contributed by atoms with Gasteiger partial charge in [0.15, 0.2) is 0 Å². The number of Topliss-reactive ketones (excluding diaryl/α,β-unsaturated/α-hetero) is 1. The van der Waals surface area contributed by atoms with Gasteiger partial charge in [-0.2, -0.15) is 0 Å². The van der Waals surface area contributed by atoms with Gasteiger partial charge < -0.3 is 4.74 Å². The van der Waals surface area contributed by atoms with Crippen molar-refractivity contribution in [3.8, 4) is 0 Å². The largest absolute Gasteiger partial charge is 0.373 e. The molecule has 3 heteroatoms. The van der Waals surface area contributed by atoms with Crippen molar-refractivity contribution in [2.45, 2.75) is 82.8 Å². The molecule has 2 nitrogen and oxygen atoms in total. The minimum atomic E-state index is -1.87. The smallest absolute Gasteiger partial charge is 0.138 e. The van der Waals surface area contributed by atoms with Gasteiger partial charge in [0.1, 0.15) is 5.78 Å². The molecule has 2 atom stereocenters. The molecule has 1 aliphatic rings. The van der Waals surface area contributed by atoms with Gasteiger partial charge in [0, 0.05) is 11.5 Å². The van der Waals surface area contributed by atoms with Crippen molar-refractivity contribution >= 4 is 13.9 Å². The van der Waals surface area contributed by atoms with Gasteiger partial charge >= 0.3 is 0 Å². The van der Waals surface area contributed by atoms with Crippen LogP contribution in [0, 0.1) is 0 Å². The highest BCUT2D eigenvalue weighted by Crippen LogP contribution is 2.57. The molecule has 23 heavy (non-hydrogen) atoms. The van der Waals surface area contributed by atoms with Gasteiger partial charge in [-0.05, 0) is 23.4 Å². The van der Waals surface area contributed by atoms with Gasteiger partial charge in [0.25, 0.3) is 0 Å². The molecule has 0 aromatic heterocycles. The quantitative estimate of drug-likeness (QED) is 0.671. The Morgan fingerprint density at radius 3 is 2.39 bits per heavy atom. The summed E-state index contributed by atoms with van der Waals surface area (Å²) in [6, 6.07) is 10.3. The minimum Gasteiger partial charge on any atom is -0.373 e. The van der Waals surface area contributed by atoms with Gasteiger partial charge in [-0.25, -0.2) is 0 Å². The van der Waals surface area contributed by atoms with Crippen molar-refractivity contribution in [3.05, 3.63) is 35.9 Å². The zero-order chi connectivity index (χ0) is 17.3. The van der Waals surface area contributed by atoms with Crippen LogP contribution in [0.1, 0.15) is 52.5 Å². The second kappa shape index (κ2) is 6.52. The van der Waals surface area contributed by atoms with Crippen LogP contribution in [0.4, 0.5) is 0 Å². The molecular weight excluding hydrogens is 300 g/mol. The SMILES string of the molecule is CC(C)(C)[Si](C)(C)C1(C)C(=O)CCCC1OCc1ccccc1. The Kier molecular flexibility index (Phi) is 5.22. The average molecular weight is 333 g/mol. The van der Waals surface area contributed by atoms with Crippen LogP contribution in [0.2, 0.25) is 23.2 Å². The maximum atomic E-state index is 13.0. The molecule has 0 bridgehead atoms. The van der Waals surface area contributed by atoms with E-state index in [1.54, 1.807) is 0 Å². The zero-order valence-corrected chi connectivity index (χ0v) is 16.6. The molecule has 1 fully saturated rings. The van der Waals surface area contributed by atoms with Crippen LogP contribution in [0.15, 0.2) is 30.3 Å². The van der Waals surface area contributed by atoms with Gasteiger partial charge in [-0.1, -0.05) is 71.1 Å². The molecule has 0 amide bonds. The van der Waals surface area contributed by atoms with E-state index < -0.39 is 8.07 Å². The number of carbonyl (C=O) groups excluding carboxylic acids is 1. The number of hydrogen-bond donors (Lipinski definition) is 0. The summed E-state index contributed by atoms with van der Waals surface area (Å²) in [6.45, 7) is 14.4. The normalized spacial score (nSPS) is 26.3. The van der Waals surface area contributed by atoms with E-state index in [-0.39, 0.29) is 16.2 Å². The number of carbonyl (C=O) groups is 1. The molecule has 0 heterocycles. The van der Waals surface area contributed by atoms with E-state index in [4.69, 9.17) is 4.74 Å². The highest BCUT2D eigenvalue weighted by Gasteiger charge is 2.59. The summed E-state index contributed by atoms with van der Waals surface area (Å²) >= 11 is 0. The van der Waals surface area contributed by atoms with Crippen LogP contribution in [0.5, 0.6) is 0 Å². The summed E-state index contributed by atoms with van der Waals surface area (Å²) in [5, 5.41) is -0.138. The molecule has 0 N–H and O–H groups in total. The topological polar surface area (TPSA) is 26.3 Å². The molecule has 0 spiro atoms. The standard InChI is InChI=1S/C20H32O2Si/c1-19(2,3)23(5,6)20(4)17(21)13-10-14-18(20)22-15-16-11-8-7-9-12-16/h7-9,11-12,18H,10,13-15H2,1-6H3. The maximum absolute atomic E-state index is 13.0. The average Bonchev–Trinajstić information content (AvgIpc) is 2.48. The third kappa shape index (κ3) is 3.31. The fourth-order valence-corrected chi connectivity index (χ4v) is 7.14. The summed E-state index contributed by atoms with van der Waals surface area (Å²) in [6.07, 6.45) is 2.73. The van der Waals surface area contributed by atoms with Crippen molar-refractivity contribution in [2.24, 2.45) is 0 Å². The number of benzene rings is 1. The summed E-state index contributed by atoms with van der Waals surface area (Å²) in [7, 11) is -1.87. The van der Waals surface area contributed by atoms with E-state index in [0.29, 0.717) is 18.8 Å². The predicted octanol–water partition coefficient (Wildman–Crippen LogP) is 5.59. The highest BCUT2D eigenvalue weighted by molar-refractivity contribution is 6.86. The van der Waals surface area contributed by atoms with Gasteiger partial charge in [0.2, 0.25) is 0 Å². The van der Waals surface area contributed by atoms with E-state index in [1.807, 2.05) is 18.2 Å². The first-order valence-corrected chi connectivity index (χ1v) is 11.8. The number of ether oxygens (including phenoxy) is 1. The second-order valence-corrected chi connectivity index (χ2v) is 14.5. The van der Waals surface area contributed by atoms with E-state index in [2.05, 4.69) is 52.9 Å². The Labute approximate surface area is 142 Å². The summed E-state index contributed by atoms with van der Waals surface area (Å²) in [5.74, 6) is 0.424. The van der Waals surface area contributed by atoms with Crippen molar-refractivity contribution in [2.75, 3.05) is 0 Å². The number of rotatable bonds is 4. The fourth-order valence-electron chi connectivity index (χ4n) is 3.73. The molecule has 2 unspecified atom stereocenters. The summed E-state index contributed by atoms with van der Waals surface area (Å²) in [4.78, 5) is 13.0. The van der Waals surface area contributed by atoms with Crippen LogP contribution in [-0.4, -0.2) is 20.0 Å². The molecule has 1 aromatic rings. The lowest BCUT2D eigenvalue weighted by Crippen LogP contribution is -2.59. The third-order valence-electron chi connectivity index (χ3n) is 6.56. The molecule has 128 valence electrons. The molecule has 1 saturated carbocycles. The first-order valence-electron chi connectivity index (χ1n) is 8.79. The molecule has 1 aliphatic carbocycles. The first kappa shape index (κ1) is 18.4. The Balaban J connectivity index is 2.27. The molecule has 2 rings (SSSR count). The molecule has 0 radical (unpaired) electrons. The van der Waals surface area contributed by atoms with Crippen LogP contribution < -0.4 is 0 Å². The van der Waals surface area contributed by atoms with Crippen molar-refractivity contribution < 1.29 is 9.53 Å². The maximum Gasteiger partial charge on any atom is 0.138 e. The number of ketones is 1. The van der Waals surface area contributed by atoms with E-state index in [0.717, 1.165) is 12.8 Å². The number of hydrogen-bond acceptors (Lipinski definition) is 2. The van der Waals surface area contributed by atoms with E-state index >= 15 is 0 Å². The van der Waals surface area contributed by atoms with Crippen LogP contribution in [-0.2, 0) is 16.1 Å². The fraction of sp³-hybridized carbons (Fsp3) is 0.650. The Morgan fingerprint density at radius 2 is 1.83 bits per heavy atom. The second-order valence-electron chi connectivity index (χ2n) is 8.68. The van der Waals surface area contributed by atoms with Crippen molar-refractivity contribution in [1.29, 1.82) is 0 Å². The molecule has 0 aliphatic heterocycles. The van der Waals surface area contributed by atoms with Gasteiger partial charge in [-0.15, -0.1) is 0 Å². The molecule has 1 aromatic carbocycles. The predicted molar refractivity (Wildman–Crippen MR) is 99.4 cm³/mol. The first-order chi connectivity index (χ1) is 10.6. The molecule has 0 saturated heterocycles. The van der Waals surface area contributed by atoms with Gasteiger partial charge in [0.05, 0.1) is 20.8 Å². The minimum absolute atomic E-state index is 0.0462. The lowest BCUT2D eigenvalue weighted by atomic mass is 9.85. The summed E-state index contributed by atoms with van der Waals surface area (Å²) in [5.41, 5.74) is 1.18. The summed E-state index contributed by atoms with van der Waals surface area (Å²) < 4.78 is 6.35. The van der Waals surface area contributed by atoms with Crippen LogP contribution in [0.25, 0.3) is 0 Å². The van der Waals surface area contributed by atoms with E-state index in [1.165, 1.54) is 5.56 Å². The Bertz CT molecular complexity index is 545. The Hall–Kier alpha value is -0.933. The van der Waals surface area contributed by atoms with Crippen LogP contribution >= 0.6 is 0 Å². The monoisotopic (exact) mass is 332 g/mol. The highest BCUT2D eigenvalue weighted by atomic mass is 28.3. The molecular formula is C20H32O2Si. The lowest BCUT2D eigenvalue weighted by molar-refractivity contribution is -0.130. The van der Waals surface area contributed by atoms with Gasteiger partial charge in [-0.3, -0.25) is 4.79 Å². The Morgan fingerprint density at radius 1 is 1.22 bits per heavy atom. The van der Waals surface area contributed by atoms with E-state index in [9.17, 15) is 4.79 Å². The van der Waals surface area contributed by atoms with Crippen LogP contribution in [0.3, 0.4) is 0 Å².